The van der Waals surface area contributed by atoms with E-state index < -0.39 is 0 Å². The highest BCUT2D eigenvalue weighted by Gasteiger charge is 2.27. The minimum Gasteiger partial charge on any atom is -0.492 e. The van der Waals surface area contributed by atoms with Crippen molar-refractivity contribution in [2.75, 3.05) is 19.7 Å². The number of hydrogen-bond donors (Lipinski definition) is 1. The molecule has 1 saturated heterocycles. The normalized spacial score (nSPS) is 18.4. The maximum absolute atomic E-state index is 12.1. The van der Waals surface area contributed by atoms with Crippen LogP contribution in [-0.4, -0.2) is 36.5 Å². The monoisotopic (exact) mass is 360 g/mol. The second-order valence-corrected chi connectivity index (χ2v) is 6.08. The lowest BCUT2D eigenvalue weighted by Crippen LogP contribution is -2.40. The Morgan fingerprint density at radius 3 is 3.05 bits per heavy atom. The van der Waals surface area contributed by atoms with Crippen LogP contribution in [0, 0.1) is 0 Å². The Morgan fingerprint density at radius 2 is 2.35 bits per heavy atom. The molecule has 0 saturated carbocycles. The largest absolute Gasteiger partial charge is 0.492 e. The molecule has 1 heterocycles. The van der Waals surface area contributed by atoms with Crippen LogP contribution in [0.4, 0.5) is 0 Å². The third-order valence-corrected chi connectivity index (χ3v) is 4.29. The number of benzene rings is 1. The fourth-order valence-corrected chi connectivity index (χ4v) is 3.19. The first-order chi connectivity index (χ1) is 9.61. The smallest absolute Gasteiger partial charge is 0.226 e. The first-order valence-corrected chi connectivity index (χ1v) is 7.86. The van der Waals surface area contributed by atoms with Crippen LogP contribution in [0.1, 0.15) is 19.3 Å². The molecule has 1 aliphatic heterocycles. The molecule has 2 N–H and O–H groups in total. The zero-order valence-electron chi connectivity index (χ0n) is 11.1. The molecule has 1 aromatic carbocycles. The highest BCUT2D eigenvalue weighted by Crippen LogP contribution is 2.28. The number of amides is 1. The van der Waals surface area contributed by atoms with E-state index in [-0.39, 0.29) is 11.9 Å². The molecule has 0 bridgehead atoms. The molecule has 1 aliphatic rings. The van der Waals surface area contributed by atoms with Crippen molar-refractivity contribution in [3.05, 3.63) is 27.7 Å². The predicted molar refractivity (Wildman–Crippen MR) is 83.1 cm³/mol. The number of halogens is 2. The highest BCUT2D eigenvalue weighted by atomic mass is 79.9. The summed E-state index contributed by atoms with van der Waals surface area (Å²) in [6.07, 6.45) is 2.41. The molecule has 1 amide bonds. The molecular formula is C14H18BrClN2O2. The third kappa shape index (κ3) is 3.87. The SMILES string of the molecule is NCC1CCCN1C(=O)CCOc1ccc(Cl)cc1Br. The quantitative estimate of drug-likeness (QED) is 0.877. The van der Waals surface area contributed by atoms with Crippen molar-refractivity contribution in [3.8, 4) is 5.75 Å². The van der Waals surface area contributed by atoms with Crippen molar-refractivity contribution in [2.24, 2.45) is 5.73 Å². The van der Waals surface area contributed by atoms with Crippen LogP contribution in [0.25, 0.3) is 0 Å². The van der Waals surface area contributed by atoms with Crippen LogP contribution in [0.2, 0.25) is 5.02 Å². The molecule has 2 rings (SSSR count). The van der Waals surface area contributed by atoms with Gasteiger partial charge in [0.05, 0.1) is 17.5 Å². The second kappa shape index (κ2) is 7.29. The van der Waals surface area contributed by atoms with Crippen LogP contribution in [-0.2, 0) is 4.79 Å². The zero-order valence-corrected chi connectivity index (χ0v) is 13.5. The molecule has 1 unspecified atom stereocenters. The lowest BCUT2D eigenvalue weighted by molar-refractivity contribution is -0.132. The number of ether oxygens (including phenoxy) is 1. The molecular weight excluding hydrogens is 344 g/mol. The van der Waals surface area contributed by atoms with Gasteiger partial charge in [-0.25, -0.2) is 0 Å². The molecule has 110 valence electrons. The van der Waals surface area contributed by atoms with Crippen LogP contribution in [0.15, 0.2) is 22.7 Å². The van der Waals surface area contributed by atoms with E-state index in [1.807, 2.05) is 4.90 Å². The number of hydrogen-bond acceptors (Lipinski definition) is 3. The lowest BCUT2D eigenvalue weighted by atomic mass is 10.2. The summed E-state index contributed by atoms with van der Waals surface area (Å²) in [5.41, 5.74) is 5.67. The van der Waals surface area contributed by atoms with E-state index in [1.54, 1.807) is 18.2 Å². The van der Waals surface area contributed by atoms with Gasteiger partial charge in [-0.05, 0) is 47.0 Å². The van der Waals surface area contributed by atoms with Crippen molar-refractivity contribution in [2.45, 2.75) is 25.3 Å². The van der Waals surface area contributed by atoms with Crippen LogP contribution < -0.4 is 10.5 Å². The van der Waals surface area contributed by atoms with Crippen molar-refractivity contribution < 1.29 is 9.53 Å². The van der Waals surface area contributed by atoms with Crippen molar-refractivity contribution in [3.63, 3.8) is 0 Å². The Hall–Kier alpha value is -0.780. The van der Waals surface area contributed by atoms with Crippen molar-refractivity contribution in [1.82, 2.24) is 4.90 Å². The average molecular weight is 362 g/mol. The number of nitrogens with two attached hydrogens (primary N) is 1. The van der Waals surface area contributed by atoms with Gasteiger partial charge in [-0.2, -0.15) is 0 Å². The summed E-state index contributed by atoms with van der Waals surface area (Å²) in [7, 11) is 0. The van der Waals surface area contributed by atoms with Crippen molar-refractivity contribution in [1.29, 1.82) is 0 Å². The molecule has 6 heteroatoms. The first-order valence-electron chi connectivity index (χ1n) is 6.69. The molecule has 0 radical (unpaired) electrons. The average Bonchev–Trinajstić information content (AvgIpc) is 2.89. The molecule has 1 fully saturated rings. The van der Waals surface area contributed by atoms with E-state index in [2.05, 4.69) is 15.9 Å². The van der Waals surface area contributed by atoms with Gasteiger partial charge in [0.2, 0.25) is 5.91 Å². The number of carbonyl (C=O) groups is 1. The molecule has 0 aromatic heterocycles. The number of rotatable bonds is 5. The van der Waals surface area contributed by atoms with E-state index in [0.717, 1.165) is 23.9 Å². The Balaban J connectivity index is 1.82. The molecule has 4 nitrogen and oxygen atoms in total. The summed E-state index contributed by atoms with van der Waals surface area (Å²) in [5.74, 6) is 0.807. The minimum atomic E-state index is 0.114. The number of likely N-dealkylation sites (tertiary alicyclic amines) is 1. The summed E-state index contributed by atoms with van der Waals surface area (Å²) < 4.78 is 6.40. The van der Waals surface area contributed by atoms with Crippen LogP contribution in [0.5, 0.6) is 5.75 Å². The fraction of sp³-hybridized carbons (Fsp3) is 0.500. The van der Waals surface area contributed by atoms with Gasteiger partial charge in [-0.15, -0.1) is 0 Å². The highest BCUT2D eigenvalue weighted by molar-refractivity contribution is 9.10. The predicted octanol–water partition coefficient (Wildman–Crippen LogP) is 2.82. The van der Waals surface area contributed by atoms with E-state index >= 15 is 0 Å². The first kappa shape index (κ1) is 15.6. The summed E-state index contributed by atoms with van der Waals surface area (Å²) >= 11 is 9.24. The maximum atomic E-state index is 12.1. The van der Waals surface area contributed by atoms with E-state index in [4.69, 9.17) is 22.1 Å². The van der Waals surface area contributed by atoms with E-state index in [9.17, 15) is 4.79 Å². The van der Waals surface area contributed by atoms with Crippen molar-refractivity contribution >= 4 is 33.4 Å². The van der Waals surface area contributed by atoms with Gasteiger partial charge in [0.15, 0.2) is 0 Å². The van der Waals surface area contributed by atoms with Crippen LogP contribution in [0.3, 0.4) is 0 Å². The summed E-state index contributed by atoms with van der Waals surface area (Å²) in [5, 5.41) is 0.642. The van der Waals surface area contributed by atoms with Gasteiger partial charge in [-0.1, -0.05) is 11.6 Å². The third-order valence-electron chi connectivity index (χ3n) is 3.44. The van der Waals surface area contributed by atoms with Gasteiger partial charge in [-0.3, -0.25) is 4.79 Å². The van der Waals surface area contributed by atoms with Crippen LogP contribution >= 0.6 is 27.5 Å². The Morgan fingerprint density at radius 1 is 1.55 bits per heavy atom. The summed E-state index contributed by atoms with van der Waals surface area (Å²) in [6.45, 7) is 1.70. The van der Waals surface area contributed by atoms with Gasteiger partial charge >= 0.3 is 0 Å². The molecule has 1 atom stereocenters. The van der Waals surface area contributed by atoms with E-state index in [0.29, 0.717) is 30.3 Å². The zero-order chi connectivity index (χ0) is 14.5. The van der Waals surface area contributed by atoms with Gasteiger partial charge < -0.3 is 15.4 Å². The second-order valence-electron chi connectivity index (χ2n) is 4.79. The standard InChI is InChI=1S/C14H18BrClN2O2/c15-12-8-10(16)3-4-13(12)20-7-5-14(19)18-6-1-2-11(18)9-17/h3-4,8,11H,1-2,5-7,9,17H2. The Labute approximate surface area is 132 Å². The van der Waals surface area contributed by atoms with Gasteiger partial charge in [0.1, 0.15) is 5.75 Å². The Kier molecular flexibility index (Phi) is 5.69. The topological polar surface area (TPSA) is 55.6 Å². The number of nitrogens with zero attached hydrogens (tertiary/aromatic N) is 1. The van der Waals surface area contributed by atoms with E-state index in [1.165, 1.54) is 0 Å². The fourth-order valence-electron chi connectivity index (χ4n) is 2.39. The molecule has 1 aromatic rings. The summed E-state index contributed by atoms with van der Waals surface area (Å²) in [6, 6.07) is 5.51. The maximum Gasteiger partial charge on any atom is 0.226 e. The minimum absolute atomic E-state index is 0.114. The lowest BCUT2D eigenvalue weighted by Gasteiger charge is -2.23. The van der Waals surface area contributed by atoms with Gasteiger partial charge in [0, 0.05) is 24.2 Å². The van der Waals surface area contributed by atoms with Gasteiger partial charge in [0.25, 0.3) is 0 Å². The summed E-state index contributed by atoms with van der Waals surface area (Å²) in [4.78, 5) is 14.0. The molecule has 0 aliphatic carbocycles. The molecule has 0 spiro atoms. The Bertz CT molecular complexity index is 484. The number of carbonyl (C=O) groups excluding carboxylic acids is 1. The molecule has 20 heavy (non-hydrogen) atoms.